The molecule has 2 aliphatic rings. The molecule has 1 N–H and O–H groups in total. The van der Waals surface area contributed by atoms with Gasteiger partial charge in [0, 0.05) is 17.7 Å². The molecule has 0 bridgehead atoms. The van der Waals surface area contributed by atoms with Crippen LogP contribution in [0.25, 0.3) is 0 Å². The number of carbonyl (C=O) groups is 1. The summed E-state index contributed by atoms with van der Waals surface area (Å²) in [6.45, 7) is 0. The normalized spacial score (nSPS) is 22.2. The van der Waals surface area contributed by atoms with Crippen molar-refractivity contribution in [1.29, 1.82) is 0 Å². The summed E-state index contributed by atoms with van der Waals surface area (Å²) in [5.41, 5.74) is 0.877. The molecule has 0 aromatic carbocycles. The molecule has 0 fully saturated rings. The zero-order valence-corrected chi connectivity index (χ0v) is 10.5. The van der Waals surface area contributed by atoms with Crippen LogP contribution in [0.4, 0.5) is 5.69 Å². The monoisotopic (exact) mass is 265 g/mol. The second-order valence-electron chi connectivity index (χ2n) is 4.44. The fourth-order valence-corrected chi connectivity index (χ4v) is 4.35. The van der Waals surface area contributed by atoms with E-state index in [2.05, 4.69) is 4.98 Å². The molecule has 0 atom stereocenters. The third kappa shape index (κ3) is 1.49. The van der Waals surface area contributed by atoms with E-state index < -0.39 is 10.0 Å². The summed E-state index contributed by atoms with van der Waals surface area (Å²) in [4.78, 5) is 15.4. The first-order chi connectivity index (χ1) is 8.62. The zero-order valence-electron chi connectivity index (χ0n) is 9.72. The minimum atomic E-state index is -3.64. The summed E-state index contributed by atoms with van der Waals surface area (Å²) in [6, 6.07) is 3.18. The molecule has 1 aliphatic heterocycles. The van der Waals surface area contributed by atoms with Gasteiger partial charge in [0.2, 0.25) is 0 Å². The Labute approximate surface area is 105 Å². The smallest absolute Gasteiger partial charge is 0.268 e. The molecule has 0 radical (unpaired) electrons. The lowest BCUT2D eigenvalue weighted by Gasteiger charge is -2.15. The average Bonchev–Trinajstić information content (AvgIpc) is 2.59. The molecule has 18 heavy (non-hydrogen) atoms. The van der Waals surface area contributed by atoms with Crippen molar-refractivity contribution in [3.05, 3.63) is 35.0 Å². The van der Waals surface area contributed by atoms with Crippen molar-refractivity contribution in [2.24, 2.45) is 0 Å². The number of amides is 1. The van der Waals surface area contributed by atoms with Crippen molar-refractivity contribution >= 4 is 21.6 Å². The molecule has 0 saturated carbocycles. The van der Waals surface area contributed by atoms with E-state index in [0.29, 0.717) is 29.0 Å². The molecule has 6 heteroatoms. The first-order valence-corrected chi connectivity index (χ1v) is 7.34. The molecule has 0 spiro atoms. The van der Waals surface area contributed by atoms with E-state index in [0.717, 1.165) is 17.1 Å². The highest BCUT2D eigenvalue weighted by Crippen LogP contribution is 2.39. The predicted octanol–water partition coefficient (Wildman–Crippen LogP) is 1.01. The zero-order chi connectivity index (χ0) is 12.8. The minimum Gasteiger partial charge on any atom is -0.268 e. The van der Waals surface area contributed by atoms with Gasteiger partial charge in [0.15, 0.2) is 12.4 Å². The van der Waals surface area contributed by atoms with Gasteiger partial charge in [-0.25, -0.2) is 13.4 Å². The van der Waals surface area contributed by atoms with Crippen molar-refractivity contribution in [3.63, 3.8) is 0 Å². The number of pyridine rings is 1. The Morgan fingerprint density at radius 2 is 1.78 bits per heavy atom. The molecule has 3 rings (SSSR count). The second-order valence-corrected chi connectivity index (χ2v) is 6.25. The largest absolute Gasteiger partial charge is 0.269 e. The van der Waals surface area contributed by atoms with E-state index in [4.69, 9.17) is 0 Å². The lowest BCUT2D eigenvalue weighted by Crippen LogP contribution is -2.31. The van der Waals surface area contributed by atoms with Gasteiger partial charge in [-0.05, 0) is 25.7 Å². The highest BCUT2D eigenvalue weighted by molar-refractivity contribution is 7.98. The van der Waals surface area contributed by atoms with Gasteiger partial charge < -0.3 is 0 Å². The number of aromatic nitrogens is 1. The van der Waals surface area contributed by atoms with Crippen molar-refractivity contribution in [2.45, 2.75) is 25.7 Å². The number of aromatic amines is 1. The van der Waals surface area contributed by atoms with E-state index in [-0.39, 0.29) is 5.91 Å². The van der Waals surface area contributed by atoms with E-state index in [1.807, 2.05) is 0 Å². The van der Waals surface area contributed by atoms with Gasteiger partial charge in [-0.3, -0.25) is 4.79 Å². The third-order valence-electron chi connectivity index (χ3n) is 3.35. The molecule has 0 unspecified atom stereocenters. The highest BCUT2D eigenvalue weighted by Gasteiger charge is 2.44. The quantitative estimate of drug-likeness (QED) is 0.761. The number of H-pyrrole nitrogens is 1. The number of hydrogen-bond donors (Lipinski definition) is 0. The number of carbonyl (C=O) groups excluding carboxylic acids is 1. The number of nitrogens with zero attached hydrogens (tertiary/aromatic N) is 1. The fraction of sp³-hybridized carbons (Fsp3) is 0.333. The summed E-state index contributed by atoms with van der Waals surface area (Å²) >= 11 is 0. The molecule has 5 nitrogen and oxygen atoms in total. The lowest BCUT2D eigenvalue weighted by atomic mass is 9.99. The fourth-order valence-electron chi connectivity index (χ4n) is 2.50. The molecule has 2 heterocycles. The van der Waals surface area contributed by atoms with Crippen LogP contribution in [0.2, 0.25) is 0 Å². The Hall–Kier alpha value is -1.69. The summed E-state index contributed by atoms with van der Waals surface area (Å²) in [6.07, 6.45) is 5.99. The number of hydrogen-bond acceptors (Lipinski definition) is 3. The van der Waals surface area contributed by atoms with Gasteiger partial charge in [0.25, 0.3) is 15.9 Å². The summed E-state index contributed by atoms with van der Waals surface area (Å²) in [5, 5.41) is 0. The van der Waals surface area contributed by atoms with Gasteiger partial charge in [0.1, 0.15) is 0 Å². The number of anilines is 1. The van der Waals surface area contributed by atoms with Crippen molar-refractivity contribution in [2.75, 3.05) is 4.31 Å². The van der Waals surface area contributed by atoms with Crippen molar-refractivity contribution < 1.29 is 18.2 Å². The van der Waals surface area contributed by atoms with E-state index in [9.17, 15) is 13.2 Å². The molecule has 1 aromatic heterocycles. The molecule has 1 aromatic rings. The summed E-state index contributed by atoms with van der Waals surface area (Å²) in [7, 11) is -3.64. The Morgan fingerprint density at radius 3 is 2.44 bits per heavy atom. The molecular weight excluding hydrogens is 252 g/mol. The highest BCUT2D eigenvalue weighted by atomic mass is 32.2. The summed E-state index contributed by atoms with van der Waals surface area (Å²) < 4.78 is 25.7. The van der Waals surface area contributed by atoms with Crippen LogP contribution in [-0.2, 0) is 14.8 Å². The van der Waals surface area contributed by atoms with Crippen LogP contribution in [0.15, 0.2) is 35.0 Å². The van der Waals surface area contributed by atoms with Crippen molar-refractivity contribution in [3.8, 4) is 0 Å². The van der Waals surface area contributed by atoms with Gasteiger partial charge in [-0.2, -0.15) is 4.31 Å². The molecule has 0 saturated heterocycles. The molecular formula is C12H13N2O3S+. The van der Waals surface area contributed by atoms with Crippen LogP contribution in [-0.4, -0.2) is 14.3 Å². The van der Waals surface area contributed by atoms with Crippen LogP contribution >= 0.6 is 0 Å². The van der Waals surface area contributed by atoms with Crippen molar-refractivity contribution in [1.82, 2.24) is 0 Å². The maximum Gasteiger partial charge on any atom is 0.269 e. The number of rotatable bonds is 1. The van der Waals surface area contributed by atoms with Crippen LogP contribution in [0, 0.1) is 0 Å². The minimum absolute atomic E-state index is 0.326. The predicted molar refractivity (Wildman–Crippen MR) is 64.9 cm³/mol. The first-order valence-electron chi connectivity index (χ1n) is 5.90. The van der Waals surface area contributed by atoms with Gasteiger partial charge in [0.05, 0.1) is 10.6 Å². The maximum atomic E-state index is 12.4. The number of sulfonamides is 1. The lowest BCUT2D eigenvalue weighted by molar-refractivity contribution is -0.377. The van der Waals surface area contributed by atoms with Crippen LogP contribution in [0.1, 0.15) is 25.7 Å². The van der Waals surface area contributed by atoms with E-state index in [1.54, 1.807) is 24.5 Å². The Bertz CT molecular complexity index is 635. The van der Waals surface area contributed by atoms with Crippen LogP contribution in [0.5, 0.6) is 0 Å². The van der Waals surface area contributed by atoms with E-state index in [1.165, 1.54) is 0 Å². The average molecular weight is 265 g/mol. The second kappa shape index (κ2) is 3.91. The molecule has 94 valence electrons. The Kier molecular flexibility index (Phi) is 2.48. The molecule has 1 amide bonds. The number of nitrogens with one attached hydrogen (secondary N) is 1. The van der Waals surface area contributed by atoms with Crippen LogP contribution < -0.4 is 9.29 Å². The standard InChI is InChI=1S/C12H12N2O3S/c15-12-10-3-1-2-4-11(10)18(16,17)14(12)9-5-7-13-8-6-9/h5-8H,1-4H2/p+1. The number of allylic oxidation sites excluding steroid dienone is 1. The van der Waals surface area contributed by atoms with Crippen LogP contribution in [0.3, 0.4) is 0 Å². The Balaban J connectivity index is 2.13. The summed E-state index contributed by atoms with van der Waals surface area (Å²) in [5.74, 6) is -0.379. The van der Waals surface area contributed by atoms with Gasteiger partial charge in [-0.1, -0.05) is 0 Å². The first kappa shape index (κ1) is 11.4. The topological polar surface area (TPSA) is 68.6 Å². The SMILES string of the molecule is O=C1C2=C(CCCC2)S(=O)(=O)N1c1cc[nH+]cc1. The molecule has 1 aliphatic carbocycles. The van der Waals surface area contributed by atoms with Gasteiger partial charge >= 0.3 is 0 Å². The third-order valence-corrected chi connectivity index (χ3v) is 5.28. The van der Waals surface area contributed by atoms with E-state index >= 15 is 0 Å². The Morgan fingerprint density at radius 1 is 1.11 bits per heavy atom. The van der Waals surface area contributed by atoms with Gasteiger partial charge in [-0.15, -0.1) is 0 Å². The maximum absolute atomic E-state index is 12.4.